The molecular formula is C13H22N2S. The zero-order chi connectivity index (χ0) is 11.8. The fourth-order valence-electron chi connectivity index (χ4n) is 2.68. The molecule has 1 aliphatic rings. The van der Waals surface area contributed by atoms with Crippen LogP contribution in [-0.4, -0.2) is 12.0 Å². The minimum Gasteiger partial charge on any atom is -0.308 e. The molecule has 0 bridgehead atoms. The molecule has 1 unspecified atom stereocenters. The van der Waals surface area contributed by atoms with E-state index in [1.165, 1.54) is 41.3 Å². The molecule has 1 aromatic rings. The summed E-state index contributed by atoms with van der Waals surface area (Å²) >= 11 is 1.86. The molecular weight excluding hydrogens is 216 g/mol. The summed E-state index contributed by atoms with van der Waals surface area (Å²) in [5, 5.41) is 4.80. The first-order valence-corrected chi connectivity index (χ1v) is 7.03. The Balaban J connectivity index is 2.32. The maximum absolute atomic E-state index is 4.75. The van der Waals surface area contributed by atoms with E-state index in [-0.39, 0.29) is 5.54 Å². The quantitative estimate of drug-likeness (QED) is 0.873. The van der Waals surface area contributed by atoms with Crippen LogP contribution in [0.4, 0.5) is 0 Å². The van der Waals surface area contributed by atoms with Crippen LogP contribution in [0.2, 0.25) is 0 Å². The highest BCUT2D eigenvalue weighted by molar-refractivity contribution is 7.11. The van der Waals surface area contributed by atoms with Gasteiger partial charge in [0.15, 0.2) is 0 Å². The van der Waals surface area contributed by atoms with E-state index in [0.717, 1.165) is 5.92 Å². The van der Waals surface area contributed by atoms with Crippen molar-refractivity contribution in [2.24, 2.45) is 5.92 Å². The minimum absolute atomic E-state index is 0.0835. The topological polar surface area (TPSA) is 24.9 Å². The molecule has 16 heavy (non-hydrogen) atoms. The van der Waals surface area contributed by atoms with Gasteiger partial charge in [0.2, 0.25) is 0 Å². The average molecular weight is 238 g/mol. The highest BCUT2D eigenvalue weighted by Gasteiger charge is 2.38. The summed E-state index contributed by atoms with van der Waals surface area (Å²) in [7, 11) is 2.07. The molecule has 1 saturated carbocycles. The lowest BCUT2D eigenvalue weighted by Crippen LogP contribution is -2.43. The van der Waals surface area contributed by atoms with E-state index in [1.54, 1.807) is 0 Å². The first-order chi connectivity index (χ1) is 7.58. The zero-order valence-corrected chi connectivity index (χ0v) is 11.6. The van der Waals surface area contributed by atoms with Gasteiger partial charge < -0.3 is 5.32 Å². The second-order valence-electron chi connectivity index (χ2n) is 5.09. The molecule has 2 nitrogen and oxygen atoms in total. The predicted octanol–water partition coefficient (Wildman–Crippen LogP) is 3.38. The Hall–Kier alpha value is -0.410. The van der Waals surface area contributed by atoms with Crippen LogP contribution in [0, 0.1) is 19.8 Å². The molecule has 3 heteroatoms. The number of hydrogen-bond acceptors (Lipinski definition) is 3. The molecule has 1 heterocycles. The van der Waals surface area contributed by atoms with E-state index in [1.807, 2.05) is 11.3 Å². The number of nitrogens with one attached hydrogen (secondary N) is 1. The maximum atomic E-state index is 4.75. The van der Waals surface area contributed by atoms with Gasteiger partial charge in [-0.05, 0) is 46.6 Å². The Bertz CT molecular complexity index is 347. The predicted molar refractivity (Wildman–Crippen MR) is 70.0 cm³/mol. The molecule has 1 fully saturated rings. The maximum Gasteiger partial charge on any atom is 0.113 e. The molecule has 90 valence electrons. The van der Waals surface area contributed by atoms with Crippen LogP contribution in [0.15, 0.2) is 0 Å². The number of thiazole rings is 1. The summed E-state index contributed by atoms with van der Waals surface area (Å²) < 4.78 is 0. The number of hydrogen-bond donors (Lipinski definition) is 1. The van der Waals surface area contributed by atoms with Crippen LogP contribution in [0.3, 0.4) is 0 Å². The lowest BCUT2D eigenvalue weighted by atomic mass is 9.85. The van der Waals surface area contributed by atoms with E-state index in [9.17, 15) is 0 Å². The Morgan fingerprint density at radius 3 is 2.38 bits per heavy atom. The summed E-state index contributed by atoms with van der Waals surface area (Å²) in [5.41, 5.74) is 1.28. The van der Waals surface area contributed by atoms with Gasteiger partial charge in [0.1, 0.15) is 5.01 Å². The van der Waals surface area contributed by atoms with E-state index in [0.29, 0.717) is 0 Å². The molecule has 0 amide bonds. The highest BCUT2D eigenvalue weighted by atomic mass is 32.1. The van der Waals surface area contributed by atoms with Crippen molar-refractivity contribution in [1.29, 1.82) is 0 Å². The normalized spacial score (nSPS) is 21.2. The van der Waals surface area contributed by atoms with Crippen LogP contribution < -0.4 is 5.32 Å². The molecule has 1 aromatic heterocycles. The van der Waals surface area contributed by atoms with Gasteiger partial charge in [0.05, 0.1) is 11.2 Å². The van der Waals surface area contributed by atoms with Gasteiger partial charge in [-0.3, -0.25) is 0 Å². The summed E-state index contributed by atoms with van der Waals surface area (Å²) in [4.78, 5) is 6.11. The van der Waals surface area contributed by atoms with Crippen molar-refractivity contribution < 1.29 is 0 Å². The monoisotopic (exact) mass is 238 g/mol. The first-order valence-electron chi connectivity index (χ1n) is 6.21. The van der Waals surface area contributed by atoms with Crippen molar-refractivity contribution in [3.63, 3.8) is 0 Å². The second kappa shape index (κ2) is 4.46. The second-order valence-corrected chi connectivity index (χ2v) is 6.30. The Labute approximate surface area is 102 Å². The van der Waals surface area contributed by atoms with Crippen molar-refractivity contribution in [2.75, 3.05) is 7.05 Å². The summed E-state index contributed by atoms with van der Waals surface area (Å²) in [6.45, 7) is 6.60. The van der Waals surface area contributed by atoms with Gasteiger partial charge in [-0.1, -0.05) is 12.8 Å². The van der Waals surface area contributed by atoms with Crippen LogP contribution >= 0.6 is 11.3 Å². The third kappa shape index (κ3) is 1.91. The largest absolute Gasteiger partial charge is 0.308 e. The standard InChI is InChI=1S/C13H22N2S/c1-9-10(2)16-12(15-9)13(3,14-4)11-7-5-6-8-11/h11,14H,5-8H2,1-4H3. The van der Waals surface area contributed by atoms with E-state index >= 15 is 0 Å². The lowest BCUT2D eigenvalue weighted by molar-refractivity contribution is 0.251. The molecule has 0 saturated heterocycles. The molecule has 0 radical (unpaired) electrons. The van der Waals surface area contributed by atoms with Crippen molar-refractivity contribution in [3.8, 4) is 0 Å². The number of nitrogens with zero attached hydrogens (tertiary/aromatic N) is 1. The van der Waals surface area contributed by atoms with Gasteiger partial charge in [0.25, 0.3) is 0 Å². The average Bonchev–Trinajstić information content (AvgIpc) is 2.89. The number of aryl methyl sites for hydroxylation is 2. The third-order valence-electron chi connectivity index (χ3n) is 4.16. The molecule has 0 spiro atoms. The SMILES string of the molecule is CNC(C)(c1nc(C)c(C)s1)C1CCCC1. The van der Waals surface area contributed by atoms with Gasteiger partial charge in [-0.15, -0.1) is 11.3 Å². The smallest absolute Gasteiger partial charge is 0.113 e. The fourth-order valence-corrected chi connectivity index (χ4v) is 3.83. The minimum atomic E-state index is 0.0835. The van der Waals surface area contributed by atoms with Gasteiger partial charge in [-0.2, -0.15) is 0 Å². The fraction of sp³-hybridized carbons (Fsp3) is 0.769. The van der Waals surface area contributed by atoms with Gasteiger partial charge in [-0.25, -0.2) is 4.98 Å². The molecule has 1 atom stereocenters. The molecule has 1 N–H and O–H groups in total. The molecule has 0 aliphatic heterocycles. The van der Waals surface area contributed by atoms with Crippen LogP contribution in [0.5, 0.6) is 0 Å². The molecule has 0 aromatic carbocycles. The third-order valence-corrected chi connectivity index (χ3v) is 5.47. The number of aromatic nitrogens is 1. The number of rotatable bonds is 3. The Morgan fingerprint density at radius 2 is 1.94 bits per heavy atom. The van der Waals surface area contributed by atoms with Crippen molar-refractivity contribution in [3.05, 3.63) is 15.6 Å². The zero-order valence-electron chi connectivity index (χ0n) is 10.8. The van der Waals surface area contributed by atoms with E-state index < -0.39 is 0 Å². The van der Waals surface area contributed by atoms with Crippen molar-refractivity contribution >= 4 is 11.3 Å². The van der Waals surface area contributed by atoms with E-state index in [4.69, 9.17) is 4.98 Å². The van der Waals surface area contributed by atoms with Crippen LogP contribution in [0.1, 0.15) is 48.2 Å². The highest BCUT2D eigenvalue weighted by Crippen LogP contribution is 2.41. The van der Waals surface area contributed by atoms with Crippen LogP contribution in [0.25, 0.3) is 0 Å². The Morgan fingerprint density at radius 1 is 1.31 bits per heavy atom. The van der Waals surface area contributed by atoms with E-state index in [2.05, 4.69) is 33.1 Å². The van der Waals surface area contributed by atoms with Gasteiger partial charge in [0, 0.05) is 4.88 Å². The first kappa shape index (κ1) is 12.1. The van der Waals surface area contributed by atoms with Crippen molar-refractivity contribution in [2.45, 2.75) is 52.0 Å². The summed E-state index contributed by atoms with van der Waals surface area (Å²) in [6, 6.07) is 0. The lowest BCUT2D eigenvalue weighted by Gasteiger charge is -2.33. The molecule has 2 rings (SSSR count). The van der Waals surface area contributed by atoms with Crippen molar-refractivity contribution in [1.82, 2.24) is 10.3 Å². The summed E-state index contributed by atoms with van der Waals surface area (Å²) in [5.74, 6) is 0.752. The summed E-state index contributed by atoms with van der Waals surface area (Å²) in [6.07, 6.45) is 5.45. The van der Waals surface area contributed by atoms with Gasteiger partial charge >= 0.3 is 0 Å². The Kier molecular flexibility index (Phi) is 3.36. The van der Waals surface area contributed by atoms with Crippen LogP contribution in [-0.2, 0) is 5.54 Å². The molecule has 1 aliphatic carbocycles.